The maximum absolute atomic E-state index is 13.1. The van der Waals surface area contributed by atoms with Gasteiger partial charge in [-0.05, 0) is 41.5 Å². The Labute approximate surface area is 203 Å². The number of carbonyl (C=O) groups excluding carboxylic acids is 1. The molecule has 4 rings (SSSR count). The smallest absolute Gasteiger partial charge is 0.250 e. The average molecular weight is 497 g/mol. The van der Waals surface area contributed by atoms with Crippen molar-refractivity contribution >= 4 is 43.9 Å². The van der Waals surface area contributed by atoms with Crippen LogP contribution in [0.25, 0.3) is 10.9 Å². The fourth-order valence-electron chi connectivity index (χ4n) is 3.87. The molecule has 0 bridgehead atoms. The van der Waals surface area contributed by atoms with Crippen LogP contribution in [0.3, 0.4) is 0 Å². The molecule has 7 nitrogen and oxygen atoms in total. The second kappa shape index (κ2) is 10.0. The van der Waals surface area contributed by atoms with Gasteiger partial charge in [-0.1, -0.05) is 30.3 Å². The highest BCUT2D eigenvalue weighted by Gasteiger charge is 2.23. The Hall–Kier alpha value is -3.14. The molecule has 0 aliphatic carbocycles. The molecule has 0 spiro atoms. The second-order valence-corrected chi connectivity index (χ2v) is 11.5. The zero-order chi connectivity index (χ0) is 24.3. The predicted molar refractivity (Wildman–Crippen MR) is 138 cm³/mol. The molecule has 0 saturated heterocycles. The number of hydrogen-bond acceptors (Lipinski definition) is 5. The summed E-state index contributed by atoms with van der Waals surface area (Å²) in [6.45, 7) is 1.96. The van der Waals surface area contributed by atoms with Gasteiger partial charge in [-0.15, -0.1) is 11.3 Å². The van der Waals surface area contributed by atoms with Crippen molar-refractivity contribution in [2.24, 2.45) is 0 Å². The standard InChI is InChI=1S/C25H28N4O3S2/c1-17(30)26-14-20-12-13-25(33-20)34(31,32)28-16-22(18-8-10-19(11-9-18)29(2)3)23-15-27-24-7-5-4-6-21(23)24/h4-13,15,22,27-28H,14,16H2,1-3H3,(H,26,30). The van der Waals surface area contributed by atoms with Gasteiger partial charge < -0.3 is 15.2 Å². The zero-order valence-corrected chi connectivity index (χ0v) is 21.0. The van der Waals surface area contributed by atoms with Crippen LogP contribution in [0.1, 0.15) is 28.8 Å². The molecule has 0 fully saturated rings. The number of nitrogens with zero attached hydrogens (tertiary/aromatic N) is 1. The first-order chi connectivity index (χ1) is 16.2. The van der Waals surface area contributed by atoms with Crippen molar-refractivity contribution in [2.75, 3.05) is 25.5 Å². The highest BCUT2D eigenvalue weighted by atomic mass is 32.2. The Bertz CT molecular complexity index is 1390. The number of aromatic amines is 1. The first-order valence-corrected chi connectivity index (χ1v) is 13.2. The van der Waals surface area contributed by atoms with Crippen LogP contribution in [0.15, 0.2) is 71.1 Å². The summed E-state index contributed by atoms with van der Waals surface area (Å²) in [5.41, 5.74) is 4.15. The Morgan fingerprint density at radius 3 is 2.50 bits per heavy atom. The van der Waals surface area contributed by atoms with E-state index in [0.29, 0.717) is 6.54 Å². The van der Waals surface area contributed by atoms with Crippen molar-refractivity contribution in [3.05, 3.63) is 82.9 Å². The number of anilines is 1. The molecule has 1 unspecified atom stereocenters. The number of thiophene rings is 1. The topological polar surface area (TPSA) is 94.3 Å². The second-order valence-electron chi connectivity index (χ2n) is 8.31. The predicted octanol–water partition coefficient (Wildman–Crippen LogP) is 4.04. The quantitative estimate of drug-likeness (QED) is 0.326. The lowest BCUT2D eigenvalue weighted by molar-refractivity contribution is -0.119. The number of aromatic nitrogens is 1. The van der Waals surface area contributed by atoms with Crippen LogP contribution in [0, 0.1) is 0 Å². The molecule has 2 aromatic heterocycles. The van der Waals surface area contributed by atoms with Gasteiger partial charge in [0.2, 0.25) is 15.9 Å². The monoisotopic (exact) mass is 496 g/mol. The van der Waals surface area contributed by atoms with E-state index in [1.807, 2.05) is 73.7 Å². The van der Waals surface area contributed by atoms with Crippen molar-refractivity contribution in [2.45, 2.75) is 23.6 Å². The van der Waals surface area contributed by atoms with Gasteiger partial charge in [0.15, 0.2) is 0 Å². The average Bonchev–Trinajstić information content (AvgIpc) is 3.46. The maximum atomic E-state index is 13.1. The number of sulfonamides is 1. The number of H-pyrrole nitrogens is 1. The molecule has 9 heteroatoms. The van der Waals surface area contributed by atoms with E-state index in [1.165, 1.54) is 6.92 Å². The molecule has 34 heavy (non-hydrogen) atoms. The first kappa shape index (κ1) is 24.0. The zero-order valence-electron chi connectivity index (χ0n) is 19.3. The van der Waals surface area contributed by atoms with E-state index >= 15 is 0 Å². The number of nitrogens with one attached hydrogen (secondary N) is 3. The van der Waals surface area contributed by atoms with Crippen LogP contribution in [0.2, 0.25) is 0 Å². The molecule has 2 heterocycles. The molecule has 0 saturated carbocycles. The largest absolute Gasteiger partial charge is 0.378 e. The molecule has 1 amide bonds. The van der Waals surface area contributed by atoms with Crippen molar-refractivity contribution in [3.63, 3.8) is 0 Å². The number of amides is 1. The number of fused-ring (bicyclic) bond motifs is 1. The van der Waals surface area contributed by atoms with Crippen LogP contribution in [0.4, 0.5) is 5.69 Å². The summed E-state index contributed by atoms with van der Waals surface area (Å²) >= 11 is 1.16. The maximum Gasteiger partial charge on any atom is 0.250 e. The SMILES string of the molecule is CC(=O)NCc1ccc(S(=O)(=O)NCC(c2ccc(N(C)C)cc2)c2c[nH]c3ccccc23)s1. The summed E-state index contributed by atoms with van der Waals surface area (Å²) in [6, 6.07) is 19.5. The highest BCUT2D eigenvalue weighted by molar-refractivity contribution is 7.91. The molecule has 0 aliphatic rings. The van der Waals surface area contributed by atoms with Crippen LogP contribution in [-0.4, -0.2) is 39.9 Å². The fourth-order valence-corrected chi connectivity index (χ4v) is 6.26. The molecular formula is C25H28N4O3S2. The van der Waals surface area contributed by atoms with Gasteiger partial charge in [0, 0.05) is 61.1 Å². The first-order valence-electron chi connectivity index (χ1n) is 10.9. The molecule has 4 aromatic rings. The number of para-hydroxylation sites is 1. The van der Waals surface area contributed by atoms with Gasteiger partial charge in [0.25, 0.3) is 0 Å². The molecule has 0 radical (unpaired) electrons. The minimum Gasteiger partial charge on any atom is -0.378 e. The number of rotatable bonds is 9. The van der Waals surface area contributed by atoms with Gasteiger partial charge in [0.1, 0.15) is 4.21 Å². The van der Waals surface area contributed by atoms with E-state index < -0.39 is 10.0 Å². The number of carbonyl (C=O) groups is 1. The summed E-state index contributed by atoms with van der Waals surface area (Å²) in [6.07, 6.45) is 1.96. The minimum absolute atomic E-state index is 0.155. The number of benzene rings is 2. The minimum atomic E-state index is -3.71. The van der Waals surface area contributed by atoms with E-state index in [1.54, 1.807) is 12.1 Å². The van der Waals surface area contributed by atoms with E-state index in [-0.39, 0.29) is 22.6 Å². The van der Waals surface area contributed by atoms with Crippen molar-refractivity contribution in [1.82, 2.24) is 15.0 Å². The summed E-state index contributed by atoms with van der Waals surface area (Å²) < 4.78 is 29.2. The fraction of sp³-hybridized carbons (Fsp3) is 0.240. The van der Waals surface area contributed by atoms with Crippen LogP contribution in [0.5, 0.6) is 0 Å². The van der Waals surface area contributed by atoms with Gasteiger partial charge in [-0.3, -0.25) is 4.79 Å². The van der Waals surface area contributed by atoms with E-state index in [9.17, 15) is 13.2 Å². The van der Waals surface area contributed by atoms with E-state index in [4.69, 9.17) is 0 Å². The lowest BCUT2D eigenvalue weighted by Crippen LogP contribution is -2.28. The molecule has 3 N–H and O–H groups in total. The molecule has 1 atom stereocenters. The third kappa shape index (κ3) is 5.32. The normalized spacial score (nSPS) is 12.6. The Kier molecular flexibility index (Phi) is 7.06. The van der Waals surface area contributed by atoms with Crippen molar-refractivity contribution in [3.8, 4) is 0 Å². The Balaban J connectivity index is 1.61. The van der Waals surface area contributed by atoms with Crippen molar-refractivity contribution < 1.29 is 13.2 Å². The molecular weight excluding hydrogens is 468 g/mol. The van der Waals surface area contributed by atoms with Gasteiger partial charge in [-0.25, -0.2) is 13.1 Å². The van der Waals surface area contributed by atoms with Gasteiger partial charge in [-0.2, -0.15) is 0 Å². The van der Waals surface area contributed by atoms with Crippen LogP contribution >= 0.6 is 11.3 Å². The van der Waals surface area contributed by atoms with E-state index in [2.05, 4.69) is 15.0 Å². The summed E-state index contributed by atoms with van der Waals surface area (Å²) in [5.74, 6) is -0.335. The summed E-state index contributed by atoms with van der Waals surface area (Å²) in [4.78, 5) is 17.3. The summed E-state index contributed by atoms with van der Waals surface area (Å²) in [7, 11) is 0.266. The molecule has 0 aliphatic heterocycles. The van der Waals surface area contributed by atoms with Gasteiger partial charge in [0.05, 0.1) is 6.54 Å². The molecule has 178 valence electrons. The third-order valence-corrected chi connectivity index (χ3v) is 8.70. The third-order valence-electron chi connectivity index (χ3n) is 5.70. The van der Waals surface area contributed by atoms with Crippen LogP contribution in [-0.2, 0) is 21.4 Å². The van der Waals surface area contributed by atoms with Crippen molar-refractivity contribution in [1.29, 1.82) is 0 Å². The Morgan fingerprint density at radius 1 is 1.06 bits per heavy atom. The summed E-state index contributed by atoms with van der Waals surface area (Å²) in [5, 5.41) is 3.76. The lowest BCUT2D eigenvalue weighted by atomic mass is 9.91. The van der Waals surface area contributed by atoms with E-state index in [0.717, 1.165) is 43.9 Å². The Morgan fingerprint density at radius 2 is 1.79 bits per heavy atom. The lowest BCUT2D eigenvalue weighted by Gasteiger charge is -2.20. The molecule has 2 aromatic carbocycles. The number of hydrogen-bond donors (Lipinski definition) is 3. The van der Waals surface area contributed by atoms with Crippen LogP contribution < -0.4 is 14.9 Å². The highest BCUT2D eigenvalue weighted by Crippen LogP contribution is 2.32. The van der Waals surface area contributed by atoms with Gasteiger partial charge >= 0.3 is 0 Å².